The van der Waals surface area contributed by atoms with Gasteiger partial charge in [0, 0.05) is 49.2 Å². The van der Waals surface area contributed by atoms with Crippen LogP contribution in [-0.4, -0.2) is 43.1 Å². The molecule has 254 valence electrons. The molecule has 0 bridgehead atoms. The van der Waals surface area contributed by atoms with Crippen molar-refractivity contribution < 1.29 is 28.5 Å². The van der Waals surface area contributed by atoms with Crippen molar-refractivity contribution in [2.24, 2.45) is 5.41 Å². The normalized spacial score (nSPS) is 18.4. The van der Waals surface area contributed by atoms with Crippen molar-refractivity contribution in [3.8, 4) is 11.5 Å². The molecular formula is C41H44N2O6. The molecule has 0 radical (unpaired) electrons. The molecule has 3 heterocycles. The van der Waals surface area contributed by atoms with Gasteiger partial charge in [-0.15, -0.1) is 0 Å². The molecule has 4 aromatic rings. The molecule has 0 saturated carbocycles. The number of benzene rings is 4. The predicted octanol–water partition coefficient (Wildman–Crippen LogP) is 7.07. The van der Waals surface area contributed by atoms with Crippen LogP contribution in [0.1, 0.15) is 66.6 Å². The molecule has 0 aromatic heterocycles. The molecule has 4 aromatic carbocycles. The molecule has 1 fully saturated rings. The maximum Gasteiger partial charge on any atom is 0.327 e. The quantitative estimate of drug-likeness (QED) is 0.154. The lowest BCUT2D eigenvalue weighted by Gasteiger charge is -2.40. The topological polar surface area (TPSA) is 77.5 Å². The number of fused-ring (bicyclic) bond motifs is 2. The number of anilines is 1. The number of nitrogens with zero attached hydrogens (tertiary/aromatic N) is 2. The number of hydrogen-bond donors (Lipinski definition) is 0. The minimum atomic E-state index is -1.48. The summed E-state index contributed by atoms with van der Waals surface area (Å²) < 4.78 is 23.4. The summed E-state index contributed by atoms with van der Waals surface area (Å²) in [6, 6.07) is 28.9. The highest BCUT2D eigenvalue weighted by molar-refractivity contribution is 6.02. The first kappa shape index (κ1) is 32.7. The third kappa shape index (κ3) is 6.37. The Labute approximate surface area is 288 Å². The number of rotatable bonds is 7. The van der Waals surface area contributed by atoms with Gasteiger partial charge in [0.2, 0.25) is 0 Å². The lowest BCUT2D eigenvalue weighted by atomic mass is 9.75. The van der Waals surface area contributed by atoms with E-state index in [2.05, 4.69) is 67.1 Å². The second-order valence-corrected chi connectivity index (χ2v) is 14.8. The standard InChI is InChI=1S/C41H44N2O6/c1-27-7-9-28(10-8-27)21-41(37(44)48-40(4,5)49-38(41)45)22-29-11-15-34(16-12-29)43-24-31-20-33(14-18-36(31)47-26-43)39(2,3)32-13-17-35-30(19-32)23-42(6)25-46-35/h7-20H,21-26H2,1-6H3. The Hall–Kier alpha value is -4.82. The van der Waals surface area contributed by atoms with E-state index in [0.29, 0.717) is 20.0 Å². The van der Waals surface area contributed by atoms with Gasteiger partial charge in [-0.05, 0) is 85.5 Å². The molecule has 0 unspecified atom stereocenters. The van der Waals surface area contributed by atoms with Crippen molar-refractivity contribution in [3.63, 3.8) is 0 Å². The van der Waals surface area contributed by atoms with E-state index in [1.54, 1.807) is 13.8 Å². The van der Waals surface area contributed by atoms with Crippen LogP contribution in [0.5, 0.6) is 11.5 Å². The first-order valence-electron chi connectivity index (χ1n) is 16.9. The molecule has 0 N–H and O–H groups in total. The summed E-state index contributed by atoms with van der Waals surface area (Å²) in [6.45, 7) is 12.3. The van der Waals surface area contributed by atoms with E-state index in [0.717, 1.165) is 46.0 Å². The van der Waals surface area contributed by atoms with Crippen LogP contribution in [0.4, 0.5) is 5.69 Å². The minimum absolute atomic E-state index is 0.164. The molecule has 0 amide bonds. The second-order valence-electron chi connectivity index (χ2n) is 14.8. The predicted molar refractivity (Wildman–Crippen MR) is 187 cm³/mol. The fourth-order valence-electron chi connectivity index (χ4n) is 7.04. The third-order valence-electron chi connectivity index (χ3n) is 10.1. The van der Waals surface area contributed by atoms with E-state index in [-0.39, 0.29) is 18.3 Å². The number of ether oxygens (including phenoxy) is 4. The van der Waals surface area contributed by atoms with Crippen LogP contribution in [0.3, 0.4) is 0 Å². The summed E-state index contributed by atoms with van der Waals surface area (Å²) in [5, 5.41) is 0. The van der Waals surface area contributed by atoms with E-state index in [4.69, 9.17) is 18.9 Å². The van der Waals surface area contributed by atoms with Gasteiger partial charge < -0.3 is 23.8 Å². The molecular weight excluding hydrogens is 616 g/mol. The fraction of sp³-hybridized carbons (Fsp3) is 0.366. The van der Waals surface area contributed by atoms with Gasteiger partial charge in [-0.25, -0.2) is 0 Å². The van der Waals surface area contributed by atoms with Gasteiger partial charge in [-0.2, -0.15) is 0 Å². The van der Waals surface area contributed by atoms with E-state index >= 15 is 0 Å². The molecule has 0 spiro atoms. The maximum absolute atomic E-state index is 13.6. The molecule has 49 heavy (non-hydrogen) atoms. The lowest BCUT2D eigenvalue weighted by Crippen LogP contribution is -2.56. The van der Waals surface area contributed by atoms with Crippen LogP contribution >= 0.6 is 0 Å². The largest absolute Gasteiger partial charge is 0.478 e. The van der Waals surface area contributed by atoms with Crippen LogP contribution in [0.2, 0.25) is 0 Å². The summed E-state index contributed by atoms with van der Waals surface area (Å²) in [4.78, 5) is 31.5. The summed E-state index contributed by atoms with van der Waals surface area (Å²) in [6.07, 6.45) is 0.353. The van der Waals surface area contributed by atoms with Gasteiger partial charge in [0.1, 0.15) is 18.2 Å². The van der Waals surface area contributed by atoms with Gasteiger partial charge in [0.15, 0.2) is 12.1 Å². The molecule has 0 aliphatic carbocycles. The van der Waals surface area contributed by atoms with Crippen LogP contribution in [0, 0.1) is 12.3 Å². The van der Waals surface area contributed by atoms with Crippen molar-refractivity contribution in [1.82, 2.24) is 4.90 Å². The van der Waals surface area contributed by atoms with Gasteiger partial charge in [0.05, 0.1) is 0 Å². The van der Waals surface area contributed by atoms with Crippen molar-refractivity contribution in [2.75, 3.05) is 25.4 Å². The molecule has 1 saturated heterocycles. The maximum atomic E-state index is 13.6. The van der Waals surface area contributed by atoms with Crippen LogP contribution < -0.4 is 14.4 Å². The zero-order valence-electron chi connectivity index (χ0n) is 29.2. The average molecular weight is 661 g/mol. The Morgan fingerprint density at radius 3 is 1.78 bits per heavy atom. The number of aryl methyl sites for hydroxylation is 1. The number of hydrogen-bond acceptors (Lipinski definition) is 8. The first-order valence-corrected chi connectivity index (χ1v) is 16.9. The summed E-state index contributed by atoms with van der Waals surface area (Å²) in [5.74, 6) is -0.574. The number of carbonyl (C=O) groups excluding carboxylic acids is 2. The molecule has 8 heteroatoms. The van der Waals surface area contributed by atoms with E-state index in [9.17, 15) is 9.59 Å². The Morgan fingerprint density at radius 1 is 0.694 bits per heavy atom. The number of carbonyl (C=O) groups is 2. The van der Waals surface area contributed by atoms with Gasteiger partial charge in [0.25, 0.3) is 5.79 Å². The Bertz CT molecular complexity index is 1880. The van der Waals surface area contributed by atoms with Crippen molar-refractivity contribution >= 4 is 17.6 Å². The van der Waals surface area contributed by atoms with Crippen molar-refractivity contribution in [2.45, 2.75) is 71.8 Å². The van der Waals surface area contributed by atoms with Gasteiger partial charge >= 0.3 is 11.9 Å². The van der Waals surface area contributed by atoms with Crippen LogP contribution in [-0.2, 0) is 50.4 Å². The Morgan fingerprint density at radius 2 is 1.20 bits per heavy atom. The molecule has 3 aliphatic heterocycles. The van der Waals surface area contributed by atoms with Gasteiger partial charge in [-0.3, -0.25) is 14.5 Å². The second kappa shape index (κ2) is 12.3. The molecule has 0 atom stereocenters. The third-order valence-corrected chi connectivity index (χ3v) is 10.1. The highest BCUT2D eigenvalue weighted by atomic mass is 16.7. The lowest BCUT2D eigenvalue weighted by molar-refractivity contribution is -0.251. The summed E-state index contributed by atoms with van der Waals surface area (Å²) in [7, 11) is 2.07. The zero-order chi connectivity index (χ0) is 34.6. The minimum Gasteiger partial charge on any atom is -0.478 e. The summed E-state index contributed by atoms with van der Waals surface area (Å²) >= 11 is 0. The van der Waals surface area contributed by atoms with Crippen molar-refractivity contribution in [3.05, 3.63) is 124 Å². The van der Waals surface area contributed by atoms with E-state index in [1.807, 2.05) is 55.5 Å². The smallest absolute Gasteiger partial charge is 0.327 e. The zero-order valence-corrected chi connectivity index (χ0v) is 29.2. The molecule has 7 rings (SSSR count). The number of cyclic esters (lactones) is 2. The Balaban J connectivity index is 1.10. The first-order chi connectivity index (χ1) is 23.3. The van der Waals surface area contributed by atoms with E-state index in [1.165, 1.54) is 16.7 Å². The highest BCUT2D eigenvalue weighted by Gasteiger charge is 2.56. The fourth-order valence-corrected chi connectivity index (χ4v) is 7.04. The van der Waals surface area contributed by atoms with Crippen LogP contribution in [0.25, 0.3) is 0 Å². The monoisotopic (exact) mass is 660 g/mol. The summed E-state index contributed by atoms with van der Waals surface area (Å²) in [5.41, 5.74) is 6.87. The Kier molecular flexibility index (Phi) is 8.18. The highest BCUT2D eigenvalue weighted by Crippen LogP contribution is 2.41. The average Bonchev–Trinajstić information content (AvgIpc) is 3.07. The van der Waals surface area contributed by atoms with Crippen molar-refractivity contribution in [1.29, 1.82) is 0 Å². The van der Waals surface area contributed by atoms with E-state index < -0.39 is 23.1 Å². The molecule has 3 aliphatic rings. The van der Waals surface area contributed by atoms with Gasteiger partial charge in [-0.1, -0.05) is 67.9 Å². The SMILES string of the molecule is Cc1ccc(CC2(Cc3ccc(N4COc5ccc(C(C)(C)c6ccc7c(c6)CN(C)CO7)cc5C4)cc3)C(=O)OC(C)(C)OC2=O)cc1. The number of esters is 2. The van der Waals surface area contributed by atoms with Crippen LogP contribution in [0.15, 0.2) is 84.9 Å². The molecule has 8 nitrogen and oxygen atoms in total.